The molecular weight excluding hydrogens is 156 g/mol. The summed E-state index contributed by atoms with van der Waals surface area (Å²) < 4.78 is 0. The molecule has 2 nitrogen and oxygen atoms in total. The van der Waals surface area contributed by atoms with Crippen LogP contribution in [-0.4, -0.2) is 14.1 Å². The molecule has 3 heteroatoms. The fraction of sp³-hybridized carbons (Fsp3) is 0.250. The first kappa shape index (κ1) is 8.27. The molecule has 0 radical (unpaired) electrons. The van der Waals surface area contributed by atoms with Crippen LogP contribution in [0.2, 0.25) is 0 Å². The maximum atomic E-state index is 5.66. The summed E-state index contributed by atoms with van der Waals surface area (Å²) in [4.78, 5) is 2.83. The third-order valence-electron chi connectivity index (χ3n) is 1.53. The standard InChI is InChI=1S/C8H12N2S/c1-10(2)6-3-4-8(11)7(9)5-6/h3-5,11H,9H2,1-2H3. The van der Waals surface area contributed by atoms with E-state index in [4.69, 9.17) is 5.73 Å². The quantitative estimate of drug-likeness (QED) is 0.493. The molecule has 0 spiro atoms. The number of nitrogens with zero attached hydrogens (tertiary/aromatic N) is 1. The van der Waals surface area contributed by atoms with E-state index in [1.807, 2.05) is 37.2 Å². The van der Waals surface area contributed by atoms with Crippen molar-refractivity contribution in [3.63, 3.8) is 0 Å². The Labute approximate surface area is 72.4 Å². The second kappa shape index (κ2) is 3.05. The SMILES string of the molecule is CN(C)c1ccc(S)c(N)c1. The smallest absolute Gasteiger partial charge is 0.0470 e. The number of nitrogen functional groups attached to an aromatic ring is 1. The van der Waals surface area contributed by atoms with Gasteiger partial charge in [-0.1, -0.05) is 0 Å². The Morgan fingerprint density at radius 2 is 2.00 bits per heavy atom. The lowest BCUT2D eigenvalue weighted by Gasteiger charge is -2.13. The Morgan fingerprint density at radius 3 is 2.45 bits per heavy atom. The maximum absolute atomic E-state index is 5.66. The minimum absolute atomic E-state index is 0.722. The highest BCUT2D eigenvalue weighted by atomic mass is 32.1. The summed E-state index contributed by atoms with van der Waals surface area (Å²) in [5.74, 6) is 0. The summed E-state index contributed by atoms with van der Waals surface area (Å²) in [6, 6.07) is 5.79. The summed E-state index contributed by atoms with van der Waals surface area (Å²) in [5, 5.41) is 0. The molecule has 1 aromatic carbocycles. The molecule has 0 aliphatic carbocycles. The Hall–Kier alpha value is -0.830. The third kappa shape index (κ3) is 1.80. The molecule has 0 unspecified atom stereocenters. The molecule has 2 N–H and O–H groups in total. The summed E-state index contributed by atoms with van der Waals surface area (Å²) in [5.41, 5.74) is 7.47. The van der Waals surface area contributed by atoms with Crippen molar-refractivity contribution in [1.82, 2.24) is 0 Å². The van der Waals surface area contributed by atoms with E-state index in [1.54, 1.807) is 0 Å². The van der Waals surface area contributed by atoms with Crippen molar-refractivity contribution in [2.75, 3.05) is 24.7 Å². The number of benzene rings is 1. The second-order valence-corrected chi connectivity index (χ2v) is 3.12. The van der Waals surface area contributed by atoms with E-state index in [9.17, 15) is 0 Å². The number of hydrogen-bond acceptors (Lipinski definition) is 3. The molecule has 0 bridgehead atoms. The van der Waals surface area contributed by atoms with Crippen LogP contribution in [0.1, 0.15) is 0 Å². The Bertz CT molecular complexity index is 258. The van der Waals surface area contributed by atoms with Crippen LogP contribution in [0.25, 0.3) is 0 Å². The molecule has 0 aromatic heterocycles. The van der Waals surface area contributed by atoms with E-state index in [1.165, 1.54) is 0 Å². The summed E-state index contributed by atoms with van der Waals surface area (Å²) in [7, 11) is 3.96. The Balaban J connectivity index is 3.05. The van der Waals surface area contributed by atoms with Crippen molar-refractivity contribution in [3.8, 4) is 0 Å². The van der Waals surface area contributed by atoms with E-state index in [-0.39, 0.29) is 0 Å². The first-order valence-electron chi connectivity index (χ1n) is 3.37. The molecule has 0 heterocycles. The lowest BCUT2D eigenvalue weighted by Crippen LogP contribution is -2.08. The van der Waals surface area contributed by atoms with Gasteiger partial charge < -0.3 is 10.6 Å². The first-order chi connectivity index (χ1) is 5.11. The van der Waals surface area contributed by atoms with Crippen LogP contribution < -0.4 is 10.6 Å². The molecule has 0 saturated carbocycles. The molecular formula is C8H12N2S. The van der Waals surface area contributed by atoms with Crippen LogP contribution in [0.4, 0.5) is 11.4 Å². The van der Waals surface area contributed by atoms with Crippen LogP contribution in [0, 0.1) is 0 Å². The average molecular weight is 168 g/mol. The van der Waals surface area contributed by atoms with Gasteiger partial charge in [-0.15, -0.1) is 12.6 Å². The molecule has 60 valence electrons. The predicted molar refractivity (Wildman–Crippen MR) is 52.4 cm³/mol. The predicted octanol–water partition coefficient (Wildman–Crippen LogP) is 1.62. The fourth-order valence-corrected chi connectivity index (χ4v) is 0.959. The van der Waals surface area contributed by atoms with Gasteiger partial charge >= 0.3 is 0 Å². The lowest BCUT2D eigenvalue weighted by atomic mass is 10.3. The van der Waals surface area contributed by atoms with Crippen molar-refractivity contribution in [3.05, 3.63) is 18.2 Å². The van der Waals surface area contributed by atoms with Crippen molar-refractivity contribution < 1.29 is 0 Å². The second-order valence-electron chi connectivity index (χ2n) is 2.64. The number of hydrogen-bond donors (Lipinski definition) is 2. The third-order valence-corrected chi connectivity index (χ3v) is 1.93. The highest BCUT2D eigenvalue weighted by Crippen LogP contribution is 2.21. The molecule has 1 aromatic rings. The average Bonchev–Trinajstić information content (AvgIpc) is 1.94. The lowest BCUT2D eigenvalue weighted by molar-refractivity contribution is 1.13. The fourth-order valence-electron chi connectivity index (χ4n) is 0.820. The summed E-state index contributed by atoms with van der Waals surface area (Å²) in [6.07, 6.45) is 0. The van der Waals surface area contributed by atoms with E-state index >= 15 is 0 Å². The van der Waals surface area contributed by atoms with Crippen LogP contribution in [0.3, 0.4) is 0 Å². The van der Waals surface area contributed by atoms with Crippen molar-refractivity contribution in [2.24, 2.45) is 0 Å². The van der Waals surface area contributed by atoms with Gasteiger partial charge in [-0.2, -0.15) is 0 Å². The molecule has 0 amide bonds. The molecule has 1 rings (SSSR count). The van der Waals surface area contributed by atoms with Crippen molar-refractivity contribution in [1.29, 1.82) is 0 Å². The molecule has 0 saturated heterocycles. The van der Waals surface area contributed by atoms with Crippen LogP contribution in [0.5, 0.6) is 0 Å². The van der Waals surface area contributed by atoms with E-state index in [2.05, 4.69) is 12.6 Å². The number of anilines is 2. The summed E-state index contributed by atoms with van der Waals surface area (Å²) >= 11 is 4.17. The van der Waals surface area contributed by atoms with Crippen LogP contribution in [-0.2, 0) is 0 Å². The van der Waals surface area contributed by atoms with Gasteiger partial charge in [0.05, 0.1) is 0 Å². The van der Waals surface area contributed by atoms with E-state index in [0.717, 1.165) is 16.3 Å². The first-order valence-corrected chi connectivity index (χ1v) is 3.82. The Kier molecular flexibility index (Phi) is 2.29. The van der Waals surface area contributed by atoms with E-state index in [0.29, 0.717) is 0 Å². The van der Waals surface area contributed by atoms with Gasteiger partial charge in [0.1, 0.15) is 0 Å². The van der Waals surface area contributed by atoms with Gasteiger partial charge in [0.25, 0.3) is 0 Å². The van der Waals surface area contributed by atoms with Crippen LogP contribution >= 0.6 is 12.6 Å². The Morgan fingerprint density at radius 1 is 1.36 bits per heavy atom. The molecule has 0 aliphatic rings. The number of rotatable bonds is 1. The zero-order chi connectivity index (χ0) is 8.43. The molecule has 0 atom stereocenters. The van der Waals surface area contributed by atoms with E-state index < -0.39 is 0 Å². The minimum atomic E-state index is 0.722. The molecule has 0 fully saturated rings. The minimum Gasteiger partial charge on any atom is -0.398 e. The van der Waals surface area contributed by atoms with Gasteiger partial charge in [-0.05, 0) is 18.2 Å². The molecule has 11 heavy (non-hydrogen) atoms. The number of thiol groups is 1. The van der Waals surface area contributed by atoms with Gasteiger partial charge in [0, 0.05) is 30.4 Å². The van der Waals surface area contributed by atoms with Crippen LogP contribution in [0.15, 0.2) is 23.1 Å². The van der Waals surface area contributed by atoms with Crippen molar-refractivity contribution >= 4 is 24.0 Å². The highest BCUT2D eigenvalue weighted by Gasteiger charge is 1.97. The van der Waals surface area contributed by atoms with Crippen molar-refractivity contribution in [2.45, 2.75) is 4.90 Å². The number of nitrogens with two attached hydrogens (primary N) is 1. The summed E-state index contributed by atoms with van der Waals surface area (Å²) in [6.45, 7) is 0. The zero-order valence-electron chi connectivity index (χ0n) is 6.70. The normalized spacial score (nSPS) is 9.73. The zero-order valence-corrected chi connectivity index (χ0v) is 7.60. The monoisotopic (exact) mass is 168 g/mol. The largest absolute Gasteiger partial charge is 0.398 e. The highest BCUT2D eigenvalue weighted by molar-refractivity contribution is 7.80. The molecule has 0 aliphatic heterocycles. The van der Waals surface area contributed by atoms with Gasteiger partial charge in [-0.25, -0.2) is 0 Å². The van der Waals surface area contributed by atoms with Gasteiger partial charge in [-0.3, -0.25) is 0 Å². The van der Waals surface area contributed by atoms with Gasteiger partial charge in [0.2, 0.25) is 0 Å². The topological polar surface area (TPSA) is 29.3 Å². The maximum Gasteiger partial charge on any atom is 0.0470 e. The van der Waals surface area contributed by atoms with Gasteiger partial charge in [0.15, 0.2) is 0 Å².